The SMILES string of the molecule is C[C@@H](C1CCCCC1)C(O)(CCC(F)(F)F)C(N)=O. The zero-order valence-electron chi connectivity index (χ0n) is 11.2. The molecule has 0 saturated heterocycles. The van der Waals surface area contributed by atoms with E-state index in [1.54, 1.807) is 6.92 Å². The van der Waals surface area contributed by atoms with Crippen LogP contribution in [0.1, 0.15) is 51.9 Å². The van der Waals surface area contributed by atoms with Crippen molar-refractivity contribution in [2.75, 3.05) is 0 Å². The second-order valence-electron chi connectivity index (χ2n) is 5.59. The maximum atomic E-state index is 12.3. The van der Waals surface area contributed by atoms with Crippen molar-refractivity contribution in [3.8, 4) is 0 Å². The van der Waals surface area contributed by atoms with Crippen LogP contribution in [0, 0.1) is 11.8 Å². The van der Waals surface area contributed by atoms with Crippen molar-refractivity contribution < 1.29 is 23.1 Å². The molecule has 1 saturated carbocycles. The van der Waals surface area contributed by atoms with Crippen LogP contribution in [0.4, 0.5) is 13.2 Å². The van der Waals surface area contributed by atoms with Gasteiger partial charge in [-0.3, -0.25) is 4.79 Å². The van der Waals surface area contributed by atoms with Gasteiger partial charge in [-0.15, -0.1) is 0 Å². The third kappa shape index (κ3) is 4.37. The lowest BCUT2D eigenvalue weighted by atomic mass is 9.71. The molecule has 0 heterocycles. The Morgan fingerprint density at radius 2 is 1.79 bits per heavy atom. The molecule has 0 radical (unpaired) electrons. The number of hydrogen-bond donors (Lipinski definition) is 2. The third-order valence-corrected chi connectivity index (χ3v) is 4.33. The lowest BCUT2D eigenvalue weighted by Crippen LogP contribution is -2.52. The van der Waals surface area contributed by atoms with Crippen molar-refractivity contribution in [3.05, 3.63) is 0 Å². The smallest absolute Gasteiger partial charge is 0.380 e. The lowest BCUT2D eigenvalue weighted by Gasteiger charge is -2.38. The van der Waals surface area contributed by atoms with Gasteiger partial charge in [0, 0.05) is 6.42 Å². The van der Waals surface area contributed by atoms with E-state index in [1.807, 2.05) is 0 Å². The second-order valence-corrected chi connectivity index (χ2v) is 5.59. The summed E-state index contributed by atoms with van der Waals surface area (Å²) < 4.78 is 36.9. The van der Waals surface area contributed by atoms with Crippen molar-refractivity contribution >= 4 is 5.91 Å². The molecule has 112 valence electrons. The molecule has 1 amide bonds. The lowest BCUT2D eigenvalue weighted by molar-refractivity contribution is -0.164. The molecule has 2 atom stereocenters. The summed E-state index contributed by atoms with van der Waals surface area (Å²) in [6.45, 7) is 1.64. The molecule has 1 fully saturated rings. The molecule has 0 spiro atoms. The average molecular weight is 281 g/mol. The van der Waals surface area contributed by atoms with Crippen LogP contribution in [0.3, 0.4) is 0 Å². The quantitative estimate of drug-likeness (QED) is 0.814. The van der Waals surface area contributed by atoms with E-state index in [2.05, 4.69) is 0 Å². The van der Waals surface area contributed by atoms with Crippen LogP contribution in [0.15, 0.2) is 0 Å². The first-order chi connectivity index (χ1) is 8.67. The highest BCUT2D eigenvalue weighted by atomic mass is 19.4. The molecule has 1 rings (SSSR count). The Morgan fingerprint density at radius 1 is 1.26 bits per heavy atom. The maximum absolute atomic E-state index is 12.3. The van der Waals surface area contributed by atoms with E-state index in [0.29, 0.717) is 0 Å². The minimum atomic E-state index is -4.39. The summed E-state index contributed by atoms with van der Waals surface area (Å²) in [4.78, 5) is 11.4. The maximum Gasteiger partial charge on any atom is 0.389 e. The van der Waals surface area contributed by atoms with Crippen molar-refractivity contribution in [2.24, 2.45) is 17.6 Å². The van der Waals surface area contributed by atoms with E-state index in [0.717, 1.165) is 32.1 Å². The van der Waals surface area contributed by atoms with Crippen molar-refractivity contribution in [2.45, 2.75) is 63.6 Å². The Bertz CT molecular complexity index is 314. The predicted octanol–water partition coefficient (Wildman–Crippen LogP) is 2.76. The van der Waals surface area contributed by atoms with Gasteiger partial charge in [-0.1, -0.05) is 39.0 Å². The summed E-state index contributed by atoms with van der Waals surface area (Å²) in [5.74, 6) is -1.51. The number of alkyl halides is 3. The number of halogens is 3. The number of primary amides is 1. The number of hydrogen-bond acceptors (Lipinski definition) is 2. The van der Waals surface area contributed by atoms with Gasteiger partial charge < -0.3 is 10.8 Å². The molecule has 0 aromatic carbocycles. The molecule has 3 N–H and O–H groups in total. The van der Waals surface area contributed by atoms with Crippen LogP contribution in [-0.2, 0) is 4.79 Å². The number of rotatable bonds is 5. The summed E-state index contributed by atoms with van der Waals surface area (Å²) >= 11 is 0. The van der Waals surface area contributed by atoms with Gasteiger partial charge in [0.15, 0.2) is 0 Å². The van der Waals surface area contributed by atoms with Gasteiger partial charge in [0.05, 0.1) is 0 Å². The first kappa shape index (κ1) is 16.3. The summed E-state index contributed by atoms with van der Waals surface area (Å²) in [6, 6.07) is 0. The minimum absolute atomic E-state index is 0.0690. The first-order valence-corrected chi connectivity index (χ1v) is 6.76. The van der Waals surface area contributed by atoms with Crippen LogP contribution in [0.2, 0.25) is 0 Å². The molecule has 1 unspecified atom stereocenters. The monoisotopic (exact) mass is 281 g/mol. The van der Waals surface area contributed by atoms with Gasteiger partial charge in [-0.2, -0.15) is 13.2 Å². The molecular formula is C13H22F3NO2. The van der Waals surface area contributed by atoms with Crippen LogP contribution >= 0.6 is 0 Å². The Kier molecular flexibility index (Phi) is 5.24. The fourth-order valence-electron chi connectivity index (χ4n) is 2.93. The molecule has 6 heteroatoms. The van der Waals surface area contributed by atoms with Crippen molar-refractivity contribution in [1.82, 2.24) is 0 Å². The highest BCUT2D eigenvalue weighted by molar-refractivity contribution is 5.83. The molecular weight excluding hydrogens is 259 g/mol. The predicted molar refractivity (Wildman–Crippen MR) is 65.2 cm³/mol. The van der Waals surface area contributed by atoms with Gasteiger partial charge in [-0.05, 0) is 18.3 Å². The molecule has 1 aliphatic rings. The fourth-order valence-corrected chi connectivity index (χ4v) is 2.93. The number of nitrogens with two attached hydrogens (primary N) is 1. The topological polar surface area (TPSA) is 63.3 Å². The third-order valence-electron chi connectivity index (χ3n) is 4.33. The zero-order chi connectivity index (χ0) is 14.7. The normalized spacial score (nSPS) is 22.8. The first-order valence-electron chi connectivity index (χ1n) is 6.76. The largest absolute Gasteiger partial charge is 0.389 e. The summed E-state index contributed by atoms with van der Waals surface area (Å²) in [6.07, 6.45) is -1.48. The van der Waals surface area contributed by atoms with Crippen LogP contribution < -0.4 is 5.73 Å². The summed E-state index contributed by atoms with van der Waals surface area (Å²) in [5, 5.41) is 10.3. The van der Waals surface area contributed by atoms with Crippen LogP contribution in [0.5, 0.6) is 0 Å². The van der Waals surface area contributed by atoms with Crippen LogP contribution in [0.25, 0.3) is 0 Å². The van der Waals surface area contributed by atoms with Gasteiger partial charge in [-0.25, -0.2) is 0 Å². The number of amides is 1. The molecule has 3 nitrogen and oxygen atoms in total. The van der Waals surface area contributed by atoms with Crippen LogP contribution in [-0.4, -0.2) is 22.8 Å². The van der Waals surface area contributed by atoms with Gasteiger partial charge in [0.1, 0.15) is 5.60 Å². The number of carbonyl (C=O) groups is 1. The fraction of sp³-hybridized carbons (Fsp3) is 0.923. The number of carbonyl (C=O) groups excluding carboxylic acids is 1. The minimum Gasteiger partial charge on any atom is -0.380 e. The molecule has 19 heavy (non-hydrogen) atoms. The Hall–Kier alpha value is -0.780. The number of aliphatic hydroxyl groups is 1. The van der Waals surface area contributed by atoms with E-state index in [4.69, 9.17) is 5.73 Å². The molecule has 0 aromatic heterocycles. The van der Waals surface area contributed by atoms with E-state index in [-0.39, 0.29) is 5.92 Å². The Morgan fingerprint density at radius 3 is 2.21 bits per heavy atom. The summed E-state index contributed by atoms with van der Waals surface area (Å²) in [5.41, 5.74) is 3.09. The van der Waals surface area contributed by atoms with E-state index in [9.17, 15) is 23.1 Å². The highest BCUT2D eigenvalue weighted by Crippen LogP contribution is 2.39. The molecule has 1 aliphatic carbocycles. The van der Waals surface area contributed by atoms with Gasteiger partial charge >= 0.3 is 6.18 Å². The Balaban J connectivity index is 2.76. The van der Waals surface area contributed by atoms with Gasteiger partial charge in [0.25, 0.3) is 0 Å². The summed E-state index contributed by atoms with van der Waals surface area (Å²) in [7, 11) is 0. The standard InChI is InChI=1S/C13H22F3NO2/c1-9(10-5-3-2-4-6-10)12(19,11(17)18)7-8-13(14,15)16/h9-10,19H,2-8H2,1H3,(H2,17,18)/t9-,12?/m0/s1. The van der Waals surface area contributed by atoms with E-state index in [1.165, 1.54) is 0 Å². The molecule has 0 aliphatic heterocycles. The Labute approximate surface area is 111 Å². The highest BCUT2D eigenvalue weighted by Gasteiger charge is 2.45. The van der Waals surface area contributed by atoms with Gasteiger partial charge in [0.2, 0.25) is 5.91 Å². The zero-order valence-corrected chi connectivity index (χ0v) is 11.2. The second kappa shape index (κ2) is 6.11. The van der Waals surface area contributed by atoms with E-state index < -0.39 is 36.4 Å². The molecule has 0 aromatic rings. The molecule has 0 bridgehead atoms. The van der Waals surface area contributed by atoms with Crippen molar-refractivity contribution in [3.63, 3.8) is 0 Å². The van der Waals surface area contributed by atoms with Crippen molar-refractivity contribution in [1.29, 1.82) is 0 Å². The van der Waals surface area contributed by atoms with E-state index >= 15 is 0 Å². The average Bonchev–Trinajstić information content (AvgIpc) is 2.35.